The number of rotatable bonds is 3. The van der Waals surface area contributed by atoms with E-state index in [2.05, 4.69) is 39.8 Å². The largest absolute Gasteiger partial charge is 0.366 e. The molecule has 0 aromatic heterocycles. The number of ketones is 1. The van der Waals surface area contributed by atoms with Crippen molar-refractivity contribution in [3.8, 4) is 0 Å². The maximum absolute atomic E-state index is 12.3. The van der Waals surface area contributed by atoms with Crippen molar-refractivity contribution in [1.29, 1.82) is 0 Å². The Morgan fingerprint density at radius 3 is 2.82 bits per heavy atom. The average molecular weight is 302 g/mol. The van der Waals surface area contributed by atoms with Gasteiger partial charge in [0.2, 0.25) is 0 Å². The van der Waals surface area contributed by atoms with E-state index in [1.807, 2.05) is 6.92 Å². The second-order valence-corrected chi connectivity index (χ2v) is 8.39. The smallest absolute Gasteiger partial charge is 0.160 e. The van der Waals surface area contributed by atoms with E-state index in [9.17, 15) is 4.79 Å². The molecule has 0 spiro atoms. The molecule has 1 aliphatic heterocycles. The molecule has 2 fully saturated rings. The third-order valence-corrected chi connectivity index (χ3v) is 6.40. The van der Waals surface area contributed by atoms with Gasteiger partial charge in [-0.1, -0.05) is 24.6 Å². The Bertz CT molecular complexity index is 540. The van der Waals surface area contributed by atoms with E-state index in [1.54, 1.807) is 0 Å². The summed E-state index contributed by atoms with van der Waals surface area (Å²) >= 11 is 0. The quantitative estimate of drug-likeness (QED) is 0.551. The zero-order valence-corrected chi connectivity index (χ0v) is 14.7. The van der Waals surface area contributed by atoms with E-state index in [0.717, 1.165) is 24.3 Å². The Kier molecular flexibility index (Phi) is 3.87. The highest BCUT2D eigenvalue weighted by Crippen LogP contribution is 2.65. The molecule has 5 atom stereocenters. The van der Waals surface area contributed by atoms with Gasteiger partial charge in [0.05, 0.1) is 11.7 Å². The Morgan fingerprint density at radius 1 is 1.41 bits per heavy atom. The topological polar surface area (TPSA) is 29.6 Å². The molecule has 2 nitrogen and oxygen atoms in total. The normalized spacial score (nSPS) is 46.0. The summed E-state index contributed by atoms with van der Waals surface area (Å²) in [5, 5.41) is 0. The number of Topliss-reactive ketones (excluding diaryl/α,β-unsaturated/α-hetero) is 1. The molecule has 3 rings (SSSR count). The summed E-state index contributed by atoms with van der Waals surface area (Å²) in [6.07, 6.45) is 10.1. The van der Waals surface area contributed by atoms with Crippen molar-refractivity contribution in [3.05, 3.63) is 23.3 Å². The average Bonchev–Trinajstić information content (AvgIpc) is 3.23. The van der Waals surface area contributed by atoms with Crippen molar-refractivity contribution in [2.45, 2.75) is 78.4 Å². The van der Waals surface area contributed by atoms with Gasteiger partial charge in [0.15, 0.2) is 5.78 Å². The third kappa shape index (κ3) is 2.82. The van der Waals surface area contributed by atoms with Gasteiger partial charge in [-0.15, -0.1) is 0 Å². The Morgan fingerprint density at radius 2 is 2.14 bits per heavy atom. The van der Waals surface area contributed by atoms with Crippen molar-refractivity contribution in [1.82, 2.24) is 0 Å². The molecular weight excluding hydrogens is 272 g/mol. The van der Waals surface area contributed by atoms with Crippen molar-refractivity contribution in [3.63, 3.8) is 0 Å². The van der Waals surface area contributed by atoms with E-state index in [0.29, 0.717) is 17.8 Å². The van der Waals surface area contributed by atoms with Gasteiger partial charge in [0.25, 0.3) is 0 Å². The van der Waals surface area contributed by atoms with Gasteiger partial charge in [-0.05, 0) is 76.2 Å². The van der Waals surface area contributed by atoms with E-state index in [4.69, 9.17) is 4.74 Å². The summed E-state index contributed by atoms with van der Waals surface area (Å²) in [6.45, 7) is 10.9. The second kappa shape index (κ2) is 5.33. The Hall–Kier alpha value is -0.890. The van der Waals surface area contributed by atoms with Gasteiger partial charge in [0.1, 0.15) is 0 Å². The van der Waals surface area contributed by atoms with Crippen LogP contribution in [-0.4, -0.2) is 17.5 Å². The van der Waals surface area contributed by atoms with Crippen LogP contribution in [0.3, 0.4) is 0 Å². The zero-order chi connectivity index (χ0) is 16.1. The van der Waals surface area contributed by atoms with Crippen molar-refractivity contribution in [2.75, 3.05) is 0 Å². The predicted octanol–water partition coefficient (Wildman–Crippen LogP) is 4.84. The third-order valence-electron chi connectivity index (χ3n) is 6.40. The fourth-order valence-corrected chi connectivity index (χ4v) is 4.44. The molecule has 0 bridgehead atoms. The number of hydrogen-bond donors (Lipinski definition) is 0. The minimum Gasteiger partial charge on any atom is -0.366 e. The van der Waals surface area contributed by atoms with Crippen molar-refractivity contribution < 1.29 is 9.53 Å². The van der Waals surface area contributed by atoms with Crippen LogP contribution < -0.4 is 0 Å². The van der Waals surface area contributed by atoms with Crippen LogP contribution >= 0.6 is 0 Å². The second-order valence-electron chi connectivity index (χ2n) is 8.39. The van der Waals surface area contributed by atoms with Gasteiger partial charge in [0, 0.05) is 6.42 Å². The van der Waals surface area contributed by atoms with Crippen molar-refractivity contribution >= 4 is 5.78 Å². The molecule has 0 radical (unpaired) electrons. The van der Waals surface area contributed by atoms with E-state index < -0.39 is 0 Å². The number of fused-ring (bicyclic) bond motifs is 2. The van der Waals surface area contributed by atoms with Crippen LogP contribution in [0.25, 0.3) is 0 Å². The number of allylic oxidation sites excluding steroid dienone is 4. The number of ether oxygens (including phenoxy) is 1. The fraction of sp³-hybridized carbons (Fsp3) is 0.750. The fourth-order valence-electron chi connectivity index (χ4n) is 4.44. The molecule has 0 amide bonds. The highest BCUT2D eigenvalue weighted by atomic mass is 16.6. The monoisotopic (exact) mass is 302 g/mol. The van der Waals surface area contributed by atoms with E-state index in [-0.39, 0.29) is 17.5 Å². The molecule has 0 aromatic carbocycles. The molecule has 1 heterocycles. The molecule has 22 heavy (non-hydrogen) atoms. The van der Waals surface area contributed by atoms with Crippen LogP contribution in [0.2, 0.25) is 0 Å². The molecule has 3 aliphatic rings. The highest BCUT2D eigenvalue weighted by molar-refractivity contribution is 5.95. The minimum absolute atomic E-state index is 0.0265. The first kappa shape index (κ1) is 16.0. The molecule has 1 saturated carbocycles. The van der Waals surface area contributed by atoms with Gasteiger partial charge >= 0.3 is 0 Å². The standard InChI is InChI=1S/C20H30O2/c1-13(2)7-6-9-19(4)15-8-10-20(5)18(22-20)12-17(21)14(3)11-16(15)19/h7,11,15-16,18H,6,8-10,12H2,1-5H3/b14-11-/t15-,16-,18+,19+,20-/m0/s1. The van der Waals surface area contributed by atoms with Crippen LogP contribution in [0, 0.1) is 17.3 Å². The van der Waals surface area contributed by atoms with Gasteiger partial charge in [-0.2, -0.15) is 0 Å². The molecule has 0 aromatic rings. The SMILES string of the molecule is CC(C)=CCC[C@@]1(C)[C@H]2/C=C(/C)C(=O)C[C@H]3O[C@@]3(C)CC[C@@H]21. The maximum Gasteiger partial charge on any atom is 0.160 e. The number of carbonyl (C=O) groups excluding carboxylic acids is 1. The number of hydrogen-bond acceptors (Lipinski definition) is 2. The molecule has 0 N–H and O–H groups in total. The lowest BCUT2D eigenvalue weighted by molar-refractivity contribution is -0.115. The molecule has 1 saturated heterocycles. The molecule has 2 aliphatic carbocycles. The number of epoxide rings is 1. The molecule has 0 unspecified atom stereocenters. The zero-order valence-electron chi connectivity index (χ0n) is 14.7. The summed E-state index contributed by atoms with van der Waals surface area (Å²) < 4.78 is 5.85. The number of carbonyl (C=O) groups is 1. The Balaban J connectivity index is 1.75. The first-order valence-electron chi connectivity index (χ1n) is 8.79. The summed E-state index contributed by atoms with van der Waals surface area (Å²) in [6, 6.07) is 0. The predicted molar refractivity (Wildman–Crippen MR) is 89.6 cm³/mol. The highest BCUT2D eigenvalue weighted by Gasteiger charge is 2.61. The van der Waals surface area contributed by atoms with Crippen LogP contribution in [0.4, 0.5) is 0 Å². The van der Waals surface area contributed by atoms with Gasteiger partial charge in [-0.3, -0.25) is 4.79 Å². The molecule has 2 heteroatoms. The molecular formula is C20H30O2. The van der Waals surface area contributed by atoms with Gasteiger partial charge < -0.3 is 4.74 Å². The summed E-state index contributed by atoms with van der Waals surface area (Å²) in [5.41, 5.74) is 2.71. The van der Waals surface area contributed by atoms with E-state index >= 15 is 0 Å². The summed E-state index contributed by atoms with van der Waals surface area (Å²) in [4.78, 5) is 12.3. The first-order chi connectivity index (χ1) is 10.3. The van der Waals surface area contributed by atoms with Gasteiger partial charge in [-0.25, -0.2) is 0 Å². The summed E-state index contributed by atoms with van der Waals surface area (Å²) in [5.74, 6) is 1.59. The minimum atomic E-state index is -0.0265. The van der Waals surface area contributed by atoms with Crippen LogP contribution in [0.5, 0.6) is 0 Å². The van der Waals surface area contributed by atoms with Crippen LogP contribution in [-0.2, 0) is 9.53 Å². The van der Waals surface area contributed by atoms with E-state index in [1.165, 1.54) is 18.4 Å². The summed E-state index contributed by atoms with van der Waals surface area (Å²) in [7, 11) is 0. The maximum atomic E-state index is 12.3. The lowest BCUT2D eigenvalue weighted by Gasteiger charge is -2.11. The van der Waals surface area contributed by atoms with Crippen LogP contribution in [0.15, 0.2) is 23.3 Å². The first-order valence-corrected chi connectivity index (χ1v) is 8.79. The molecule has 122 valence electrons. The lowest BCUT2D eigenvalue weighted by atomic mass is 9.92. The lowest BCUT2D eigenvalue weighted by Crippen LogP contribution is -2.15. The Labute approximate surface area is 135 Å². The van der Waals surface area contributed by atoms with Crippen LogP contribution in [0.1, 0.15) is 66.7 Å². The van der Waals surface area contributed by atoms with Crippen molar-refractivity contribution in [2.24, 2.45) is 17.3 Å².